The molecule has 0 spiro atoms. The van der Waals surface area contributed by atoms with Crippen molar-refractivity contribution in [2.45, 2.75) is 0 Å². The molecule has 3 N–H and O–H groups in total. The SMILES string of the molecule is Nc1ccc(F)cc1Nc1cc(F)cc(F)c1F. The van der Waals surface area contributed by atoms with Gasteiger partial charge in [-0.25, -0.2) is 17.6 Å². The van der Waals surface area contributed by atoms with Crippen LogP contribution in [0.5, 0.6) is 0 Å². The first-order chi connectivity index (χ1) is 8.47. The minimum Gasteiger partial charge on any atom is -0.397 e. The molecule has 0 amide bonds. The predicted molar refractivity (Wildman–Crippen MR) is 60.4 cm³/mol. The van der Waals surface area contributed by atoms with E-state index >= 15 is 0 Å². The van der Waals surface area contributed by atoms with E-state index in [0.29, 0.717) is 6.07 Å². The van der Waals surface area contributed by atoms with Gasteiger partial charge >= 0.3 is 0 Å². The van der Waals surface area contributed by atoms with Crippen LogP contribution in [0.15, 0.2) is 30.3 Å². The molecule has 0 unspecified atom stereocenters. The minimum atomic E-state index is -1.34. The van der Waals surface area contributed by atoms with Crippen LogP contribution in [-0.2, 0) is 0 Å². The van der Waals surface area contributed by atoms with E-state index in [2.05, 4.69) is 5.32 Å². The quantitative estimate of drug-likeness (QED) is 0.489. The molecule has 0 bridgehead atoms. The van der Waals surface area contributed by atoms with Crippen LogP contribution in [0.1, 0.15) is 0 Å². The fourth-order valence-electron chi connectivity index (χ4n) is 1.43. The zero-order chi connectivity index (χ0) is 13.3. The number of nitrogens with two attached hydrogens (primary N) is 1. The number of rotatable bonds is 2. The van der Waals surface area contributed by atoms with Crippen molar-refractivity contribution in [1.82, 2.24) is 0 Å². The van der Waals surface area contributed by atoms with E-state index < -0.39 is 29.0 Å². The van der Waals surface area contributed by atoms with E-state index in [1.54, 1.807) is 0 Å². The summed E-state index contributed by atoms with van der Waals surface area (Å²) in [6.07, 6.45) is 0. The molecule has 2 aromatic carbocycles. The standard InChI is InChI=1S/C12H8F4N2/c13-6-1-2-9(17)10(4-6)18-11-5-7(14)3-8(15)12(11)16/h1-5,18H,17H2. The number of benzene rings is 2. The smallest absolute Gasteiger partial charge is 0.182 e. The molecule has 2 aromatic rings. The Kier molecular flexibility index (Phi) is 3.10. The van der Waals surface area contributed by atoms with Crippen molar-refractivity contribution in [1.29, 1.82) is 0 Å². The number of halogens is 4. The zero-order valence-corrected chi connectivity index (χ0v) is 8.98. The lowest BCUT2D eigenvalue weighted by molar-refractivity contribution is 0.498. The van der Waals surface area contributed by atoms with E-state index in [-0.39, 0.29) is 11.4 Å². The third kappa shape index (κ3) is 2.37. The molecular formula is C12H8F4N2. The van der Waals surface area contributed by atoms with Crippen LogP contribution >= 0.6 is 0 Å². The highest BCUT2D eigenvalue weighted by atomic mass is 19.2. The molecule has 0 atom stereocenters. The van der Waals surface area contributed by atoms with Gasteiger partial charge < -0.3 is 11.1 Å². The summed E-state index contributed by atoms with van der Waals surface area (Å²) in [7, 11) is 0. The van der Waals surface area contributed by atoms with Crippen LogP contribution in [0.25, 0.3) is 0 Å². The van der Waals surface area contributed by atoms with E-state index in [1.165, 1.54) is 6.07 Å². The van der Waals surface area contributed by atoms with Gasteiger partial charge in [0.2, 0.25) is 0 Å². The van der Waals surface area contributed by atoms with E-state index in [9.17, 15) is 17.6 Å². The van der Waals surface area contributed by atoms with Crippen LogP contribution in [0.3, 0.4) is 0 Å². The Balaban J connectivity index is 2.43. The highest BCUT2D eigenvalue weighted by Gasteiger charge is 2.12. The van der Waals surface area contributed by atoms with Gasteiger partial charge in [-0.15, -0.1) is 0 Å². The van der Waals surface area contributed by atoms with Gasteiger partial charge in [0.05, 0.1) is 17.1 Å². The lowest BCUT2D eigenvalue weighted by Crippen LogP contribution is -2.01. The molecular weight excluding hydrogens is 248 g/mol. The van der Waals surface area contributed by atoms with Crippen molar-refractivity contribution in [2.24, 2.45) is 0 Å². The fourth-order valence-corrected chi connectivity index (χ4v) is 1.43. The molecule has 0 heterocycles. The van der Waals surface area contributed by atoms with E-state index in [1.807, 2.05) is 0 Å². The highest BCUT2D eigenvalue weighted by molar-refractivity contribution is 5.72. The molecule has 0 radical (unpaired) electrons. The zero-order valence-electron chi connectivity index (χ0n) is 8.98. The molecule has 0 aliphatic carbocycles. The average molecular weight is 256 g/mol. The van der Waals surface area contributed by atoms with Crippen molar-refractivity contribution >= 4 is 17.1 Å². The van der Waals surface area contributed by atoms with Crippen molar-refractivity contribution in [3.63, 3.8) is 0 Å². The van der Waals surface area contributed by atoms with Crippen LogP contribution in [-0.4, -0.2) is 0 Å². The van der Waals surface area contributed by atoms with Crippen LogP contribution < -0.4 is 11.1 Å². The first-order valence-electron chi connectivity index (χ1n) is 4.94. The Morgan fingerprint density at radius 3 is 2.22 bits per heavy atom. The summed E-state index contributed by atoms with van der Waals surface area (Å²) in [6.45, 7) is 0. The molecule has 18 heavy (non-hydrogen) atoms. The summed E-state index contributed by atoms with van der Waals surface area (Å²) in [6, 6.07) is 4.53. The summed E-state index contributed by atoms with van der Waals surface area (Å²) in [5.41, 5.74) is 5.22. The lowest BCUT2D eigenvalue weighted by atomic mass is 10.2. The Morgan fingerprint density at radius 1 is 0.833 bits per heavy atom. The summed E-state index contributed by atoms with van der Waals surface area (Å²) in [5.74, 6) is -4.16. The van der Waals surface area contributed by atoms with Gasteiger partial charge in [0.15, 0.2) is 11.6 Å². The number of anilines is 3. The second-order valence-electron chi connectivity index (χ2n) is 3.61. The Bertz CT molecular complexity index is 599. The Labute approximate surface area is 100 Å². The summed E-state index contributed by atoms with van der Waals surface area (Å²) in [4.78, 5) is 0. The van der Waals surface area contributed by atoms with Crippen LogP contribution in [0.4, 0.5) is 34.6 Å². The topological polar surface area (TPSA) is 38.0 Å². The van der Waals surface area contributed by atoms with Crippen LogP contribution in [0.2, 0.25) is 0 Å². The first kappa shape index (κ1) is 12.2. The Morgan fingerprint density at radius 2 is 1.50 bits per heavy atom. The summed E-state index contributed by atoms with van der Waals surface area (Å²) >= 11 is 0. The molecule has 6 heteroatoms. The molecule has 0 aliphatic rings. The molecule has 2 rings (SSSR count). The van der Waals surface area contributed by atoms with Crippen LogP contribution in [0, 0.1) is 23.3 Å². The minimum absolute atomic E-state index is 0.0268. The van der Waals surface area contributed by atoms with Crippen molar-refractivity contribution < 1.29 is 17.6 Å². The normalized spacial score (nSPS) is 10.4. The largest absolute Gasteiger partial charge is 0.397 e. The summed E-state index contributed by atoms with van der Waals surface area (Å²) in [5, 5.41) is 2.34. The van der Waals surface area contributed by atoms with Gasteiger partial charge in [0.1, 0.15) is 11.6 Å². The second-order valence-corrected chi connectivity index (χ2v) is 3.61. The summed E-state index contributed by atoms with van der Waals surface area (Å²) < 4.78 is 52.2. The number of nitrogen functional groups attached to an aromatic ring is 1. The predicted octanol–water partition coefficient (Wildman–Crippen LogP) is 3.57. The van der Waals surface area contributed by atoms with E-state index in [4.69, 9.17) is 5.73 Å². The molecule has 0 aliphatic heterocycles. The maximum Gasteiger partial charge on any atom is 0.182 e. The molecule has 0 fully saturated rings. The van der Waals surface area contributed by atoms with Gasteiger partial charge in [0, 0.05) is 12.1 Å². The maximum atomic E-state index is 13.4. The monoisotopic (exact) mass is 256 g/mol. The molecule has 0 saturated carbocycles. The van der Waals surface area contributed by atoms with Crippen molar-refractivity contribution in [3.05, 3.63) is 53.6 Å². The van der Waals surface area contributed by atoms with Gasteiger partial charge in [-0.2, -0.15) is 0 Å². The molecule has 94 valence electrons. The van der Waals surface area contributed by atoms with Crippen molar-refractivity contribution in [2.75, 3.05) is 11.1 Å². The van der Waals surface area contributed by atoms with Gasteiger partial charge in [0.25, 0.3) is 0 Å². The van der Waals surface area contributed by atoms with Gasteiger partial charge in [-0.1, -0.05) is 0 Å². The third-order valence-electron chi connectivity index (χ3n) is 2.28. The second kappa shape index (κ2) is 4.56. The van der Waals surface area contributed by atoms with Gasteiger partial charge in [-0.05, 0) is 18.2 Å². The maximum absolute atomic E-state index is 13.4. The highest BCUT2D eigenvalue weighted by Crippen LogP contribution is 2.27. The first-order valence-corrected chi connectivity index (χ1v) is 4.94. The number of hydrogen-bond acceptors (Lipinski definition) is 2. The fraction of sp³-hybridized carbons (Fsp3) is 0. The van der Waals surface area contributed by atoms with E-state index in [0.717, 1.165) is 18.2 Å². The molecule has 2 nitrogen and oxygen atoms in total. The molecule has 0 aromatic heterocycles. The number of hydrogen-bond donors (Lipinski definition) is 2. The molecule has 0 saturated heterocycles. The Hall–Kier alpha value is -2.24. The number of nitrogens with one attached hydrogen (secondary N) is 1. The third-order valence-corrected chi connectivity index (χ3v) is 2.28. The average Bonchev–Trinajstić information content (AvgIpc) is 2.30. The van der Waals surface area contributed by atoms with Crippen molar-refractivity contribution in [3.8, 4) is 0 Å². The van der Waals surface area contributed by atoms with Gasteiger partial charge in [-0.3, -0.25) is 0 Å². The lowest BCUT2D eigenvalue weighted by Gasteiger charge is -2.10.